The highest BCUT2D eigenvalue weighted by Crippen LogP contribution is 2.17. The highest BCUT2D eigenvalue weighted by atomic mass is 32.2. The molecule has 0 radical (unpaired) electrons. The van der Waals surface area contributed by atoms with Gasteiger partial charge in [-0.3, -0.25) is 0 Å². The summed E-state index contributed by atoms with van der Waals surface area (Å²) < 4.78 is 23.4. The average molecular weight is 192 g/mol. The Balaban J connectivity index is 2.20. The van der Waals surface area contributed by atoms with Gasteiger partial charge in [-0.1, -0.05) is 6.92 Å². The Morgan fingerprint density at radius 3 is 2.50 bits per heavy atom. The molecule has 1 saturated heterocycles. The van der Waals surface area contributed by atoms with Gasteiger partial charge in [0.25, 0.3) is 0 Å². The first-order valence-corrected chi connectivity index (χ1v) is 6.04. The zero-order chi connectivity index (χ0) is 9.19. The SMILES string of the molecule is CCNCC1CN(S(C)(=O)=O)C1. The van der Waals surface area contributed by atoms with Crippen molar-refractivity contribution in [2.24, 2.45) is 5.92 Å². The number of hydrogen-bond donors (Lipinski definition) is 1. The minimum atomic E-state index is -2.92. The van der Waals surface area contributed by atoms with Crippen LogP contribution in [0, 0.1) is 5.92 Å². The molecular weight excluding hydrogens is 176 g/mol. The molecule has 0 bridgehead atoms. The molecule has 0 amide bonds. The van der Waals surface area contributed by atoms with Gasteiger partial charge in [-0.15, -0.1) is 0 Å². The Kier molecular flexibility index (Phi) is 3.09. The summed E-state index contributed by atoms with van der Waals surface area (Å²) in [7, 11) is -2.92. The van der Waals surface area contributed by atoms with E-state index < -0.39 is 10.0 Å². The van der Waals surface area contributed by atoms with Crippen LogP contribution in [0.3, 0.4) is 0 Å². The largest absolute Gasteiger partial charge is 0.317 e. The molecule has 1 rings (SSSR count). The van der Waals surface area contributed by atoms with Crippen LogP contribution in [0.1, 0.15) is 6.92 Å². The molecule has 1 N–H and O–H groups in total. The van der Waals surface area contributed by atoms with E-state index in [1.165, 1.54) is 10.6 Å². The van der Waals surface area contributed by atoms with Gasteiger partial charge in [0.15, 0.2) is 0 Å². The first-order chi connectivity index (χ1) is 5.54. The third-order valence-corrected chi connectivity index (χ3v) is 3.31. The first-order valence-electron chi connectivity index (χ1n) is 4.20. The minimum absolute atomic E-state index is 0.514. The second-order valence-electron chi connectivity index (χ2n) is 3.25. The Hall–Kier alpha value is -0.130. The molecule has 12 heavy (non-hydrogen) atoms. The van der Waals surface area contributed by atoms with Gasteiger partial charge in [0, 0.05) is 19.6 Å². The Labute approximate surface area is 74.0 Å². The van der Waals surface area contributed by atoms with E-state index in [1.54, 1.807) is 0 Å². The maximum absolute atomic E-state index is 10.9. The van der Waals surface area contributed by atoms with Gasteiger partial charge in [0.05, 0.1) is 6.26 Å². The Morgan fingerprint density at radius 1 is 1.50 bits per heavy atom. The van der Waals surface area contributed by atoms with Crippen LogP contribution >= 0.6 is 0 Å². The maximum Gasteiger partial charge on any atom is 0.211 e. The summed E-state index contributed by atoms with van der Waals surface area (Å²) in [5, 5.41) is 3.20. The van der Waals surface area contributed by atoms with E-state index >= 15 is 0 Å². The predicted octanol–water partition coefficient (Wildman–Crippen LogP) is -0.513. The van der Waals surface area contributed by atoms with E-state index in [2.05, 4.69) is 5.32 Å². The molecule has 72 valence electrons. The van der Waals surface area contributed by atoms with Crippen LogP contribution in [0.15, 0.2) is 0 Å². The van der Waals surface area contributed by atoms with Crippen molar-refractivity contribution in [3.63, 3.8) is 0 Å². The van der Waals surface area contributed by atoms with Crippen molar-refractivity contribution in [2.75, 3.05) is 32.4 Å². The Bertz CT molecular complexity index is 232. The molecule has 0 unspecified atom stereocenters. The fraction of sp³-hybridized carbons (Fsp3) is 1.00. The fourth-order valence-corrected chi connectivity index (χ4v) is 2.23. The Morgan fingerprint density at radius 2 is 2.08 bits per heavy atom. The van der Waals surface area contributed by atoms with Crippen LogP contribution in [0.2, 0.25) is 0 Å². The minimum Gasteiger partial charge on any atom is -0.317 e. The van der Waals surface area contributed by atoms with E-state index in [0.29, 0.717) is 19.0 Å². The van der Waals surface area contributed by atoms with Crippen LogP contribution in [0.4, 0.5) is 0 Å². The van der Waals surface area contributed by atoms with E-state index in [1.807, 2.05) is 6.92 Å². The molecule has 1 heterocycles. The topological polar surface area (TPSA) is 49.4 Å². The third kappa shape index (κ3) is 2.43. The summed E-state index contributed by atoms with van der Waals surface area (Å²) in [4.78, 5) is 0. The molecular formula is C7H16N2O2S. The predicted molar refractivity (Wildman–Crippen MR) is 48.5 cm³/mol. The van der Waals surface area contributed by atoms with Gasteiger partial charge < -0.3 is 5.32 Å². The highest BCUT2D eigenvalue weighted by molar-refractivity contribution is 7.88. The van der Waals surface area contributed by atoms with Crippen molar-refractivity contribution in [3.05, 3.63) is 0 Å². The summed E-state index contributed by atoms with van der Waals surface area (Å²) >= 11 is 0. The molecule has 1 aliphatic rings. The summed E-state index contributed by atoms with van der Waals surface area (Å²) in [6.07, 6.45) is 1.26. The molecule has 1 fully saturated rings. The molecule has 5 heteroatoms. The molecule has 0 saturated carbocycles. The van der Waals surface area contributed by atoms with Crippen LogP contribution in [-0.4, -0.2) is 45.2 Å². The molecule has 4 nitrogen and oxygen atoms in total. The van der Waals surface area contributed by atoms with Gasteiger partial charge >= 0.3 is 0 Å². The van der Waals surface area contributed by atoms with E-state index in [-0.39, 0.29) is 0 Å². The van der Waals surface area contributed by atoms with E-state index in [0.717, 1.165) is 13.1 Å². The number of sulfonamides is 1. The number of hydrogen-bond acceptors (Lipinski definition) is 3. The molecule has 0 aromatic rings. The van der Waals surface area contributed by atoms with Crippen molar-refractivity contribution in [1.29, 1.82) is 0 Å². The van der Waals surface area contributed by atoms with Crippen molar-refractivity contribution in [1.82, 2.24) is 9.62 Å². The highest BCUT2D eigenvalue weighted by Gasteiger charge is 2.32. The van der Waals surface area contributed by atoms with Crippen LogP contribution in [0.5, 0.6) is 0 Å². The van der Waals surface area contributed by atoms with Crippen LogP contribution in [-0.2, 0) is 10.0 Å². The van der Waals surface area contributed by atoms with E-state index in [4.69, 9.17) is 0 Å². The summed E-state index contributed by atoms with van der Waals surface area (Å²) in [5.41, 5.74) is 0. The maximum atomic E-state index is 10.9. The lowest BCUT2D eigenvalue weighted by Gasteiger charge is -2.37. The number of nitrogens with zero attached hydrogens (tertiary/aromatic N) is 1. The molecule has 0 aromatic carbocycles. The van der Waals surface area contributed by atoms with Gasteiger partial charge in [0.2, 0.25) is 10.0 Å². The normalized spacial score (nSPS) is 20.8. The lowest BCUT2D eigenvalue weighted by atomic mass is 10.0. The average Bonchev–Trinajstić information content (AvgIpc) is 1.81. The molecule has 1 aliphatic heterocycles. The second kappa shape index (κ2) is 3.72. The summed E-state index contributed by atoms with van der Waals surface area (Å²) in [5.74, 6) is 0.514. The molecule has 0 aliphatic carbocycles. The monoisotopic (exact) mass is 192 g/mol. The zero-order valence-corrected chi connectivity index (χ0v) is 8.39. The molecule has 0 aromatic heterocycles. The third-order valence-electron chi connectivity index (χ3n) is 2.08. The quantitative estimate of drug-likeness (QED) is 0.652. The first kappa shape index (κ1) is 9.95. The number of rotatable bonds is 4. The lowest BCUT2D eigenvalue weighted by Crippen LogP contribution is -2.52. The van der Waals surface area contributed by atoms with Crippen molar-refractivity contribution in [2.45, 2.75) is 6.92 Å². The molecule has 0 atom stereocenters. The molecule has 0 spiro atoms. The van der Waals surface area contributed by atoms with Crippen molar-refractivity contribution >= 4 is 10.0 Å². The fourth-order valence-electron chi connectivity index (χ4n) is 1.27. The van der Waals surface area contributed by atoms with Gasteiger partial charge in [0.1, 0.15) is 0 Å². The van der Waals surface area contributed by atoms with Gasteiger partial charge in [-0.2, -0.15) is 0 Å². The standard InChI is InChI=1S/C7H16N2O2S/c1-3-8-4-7-5-9(6-7)12(2,10)11/h7-8H,3-6H2,1-2H3. The summed E-state index contributed by atoms with van der Waals surface area (Å²) in [6, 6.07) is 0. The second-order valence-corrected chi connectivity index (χ2v) is 5.24. The van der Waals surface area contributed by atoms with Crippen molar-refractivity contribution in [3.8, 4) is 0 Å². The van der Waals surface area contributed by atoms with Crippen LogP contribution in [0.25, 0.3) is 0 Å². The smallest absolute Gasteiger partial charge is 0.211 e. The summed E-state index contributed by atoms with van der Waals surface area (Å²) in [6.45, 7) is 5.31. The van der Waals surface area contributed by atoms with Gasteiger partial charge in [-0.05, 0) is 12.5 Å². The lowest BCUT2D eigenvalue weighted by molar-refractivity contribution is 0.198. The van der Waals surface area contributed by atoms with E-state index in [9.17, 15) is 8.42 Å². The number of nitrogens with one attached hydrogen (secondary N) is 1. The zero-order valence-electron chi connectivity index (χ0n) is 7.58. The van der Waals surface area contributed by atoms with Crippen molar-refractivity contribution < 1.29 is 8.42 Å². The van der Waals surface area contributed by atoms with Crippen LogP contribution < -0.4 is 5.32 Å². The van der Waals surface area contributed by atoms with Gasteiger partial charge in [-0.25, -0.2) is 12.7 Å².